The number of carboxylic acids is 1. The number of carbonyl (C=O) groups excluding carboxylic acids is 3. The fourth-order valence-corrected chi connectivity index (χ4v) is 2.92. The number of ether oxygens (including phenoxy) is 3. The number of nitrogens with one attached hydrogen (secondary N) is 3. The number of carbonyl (C=O) groups is 4. The molecule has 0 saturated heterocycles. The summed E-state index contributed by atoms with van der Waals surface area (Å²) >= 11 is 0. The summed E-state index contributed by atoms with van der Waals surface area (Å²) in [6.07, 6.45) is -1.18. The fourth-order valence-electron chi connectivity index (χ4n) is 2.92. The number of alkyl carbamates (subject to hydrolysis) is 3. The Bertz CT molecular complexity index is 689. The molecule has 0 radical (unpaired) electrons. The molecule has 0 aliphatic rings. The topological polar surface area (TPSA) is 156 Å². The Balaban J connectivity index is 5.04. The average molecular weight is 519 g/mol. The number of aliphatic carboxylic acids is 1. The van der Waals surface area contributed by atoms with E-state index < -0.39 is 47.1 Å². The summed E-state index contributed by atoms with van der Waals surface area (Å²) in [7, 11) is 0. The molecule has 0 rings (SSSR count). The maximum absolute atomic E-state index is 12.0. The predicted octanol–water partition coefficient (Wildman–Crippen LogP) is 3.10. The first kappa shape index (κ1) is 33.2. The van der Waals surface area contributed by atoms with E-state index in [4.69, 9.17) is 14.2 Å². The summed E-state index contributed by atoms with van der Waals surface area (Å²) in [5.41, 5.74) is -1.95. The smallest absolute Gasteiger partial charge is 0.407 e. The molecule has 0 spiro atoms. The minimum atomic E-state index is -1.05. The quantitative estimate of drug-likeness (QED) is 0.225. The Morgan fingerprint density at radius 3 is 1.31 bits per heavy atom. The van der Waals surface area contributed by atoms with Gasteiger partial charge in [0.1, 0.15) is 22.8 Å². The molecule has 1 atom stereocenters. The minimum absolute atomic E-state index is 0.140. The van der Waals surface area contributed by atoms with Gasteiger partial charge in [0.2, 0.25) is 0 Å². The van der Waals surface area contributed by atoms with Gasteiger partial charge in [-0.15, -0.1) is 0 Å². The van der Waals surface area contributed by atoms with Gasteiger partial charge in [-0.3, -0.25) is 9.69 Å². The van der Waals surface area contributed by atoms with E-state index in [2.05, 4.69) is 16.0 Å². The van der Waals surface area contributed by atoms with E-state index in [9.17, 15) is 24.3 Å². The second kappa shape index (κ2) is 14.7. The predicted molar refractivity (Wildman–Crippen MR) is 135 cm³/mol. The van der Waals surface area contributed by atoms with Gasteiger partial charge in [-0.1, -0.05) is 0 Å². The second-order valence-electron chi connectivity index (χ2n) is 11.3. The summed E-state index contributed by atoms with van der Waals surface area (Å²) in [5, 5.41) is 17.7. The molecule has 12 nitrogen and oxygen atoms in total. The van der Waals surface area contributed by atoms with E-state index in [0.717, 1.165) is 0 Å². The monoisotopic (exact) mass is 518 g/mol. The molecule has 0 aliphatic heterocycles. The van der Waals surface area contributed by atoms with E-state index in [1.807, 2.05) is 0 Å². The first-order chi connectivity index (χ1) is 16.3. The summed E-state index contributed by atoms with van der Waals surface area (Å²) < 4.78 is 15.6. The molecular weight excluding hydrogens is 472 g/mol. The summed E-state index contributed by atoms with van der Waals surface area (Å²) in [6.45, 7) is 16.6. The maximum Gasteiger partial charge on any atom is 0.407 e. The van der Waals surface area contributed by atoms with Crippen LogP contribution in [-0.4, -0.2) is 89.8 Å². The lowest BCUT2D eigenvalue weighted by molar-refractivity contribution is -0.143. The fraction of sp³-hybridized carbons (Fsp3) is 0.833. The van der Waals surface area contributed by atoms with Gasteiger partial charge in [-0.25, -0.2) is 14.4 Å². The van der Waals surface area contributed by atoms with Gasteiger partial charge in [-0.05, 0) is 75.2 Å². The van der Waals surface area contributed by atoms with Crippen LogP contribution in [0.2, 0.25) is 0 Å². The highest BCUT2D eigenvalue weighted by molar-refractivity contribution is 5.73. The zero-order chi connectivity index (χ0) is 28.2. The van der Waals surface area contributed by atoms with Crippen LogP contribution in [0.4, 0.5) is 14.4 Å². The van der Waals surface area contributed by atoms with Crippen LogP contribution in [0.25, 0.3) is 0 Å². The number of nitrogens with zero attached hydrogens (tertiary/aromatic N) is 1. The van der Waals surface area contributed by atoms with Crippen LogP contribution in [-0.2, 0) is 19.0 Å². The highest BCUT2D eigenvalue weighted by Gasteiger charge is 2.26. The molecule has 0 aromatic rings. The number of hydrogen-bond donors (Lipinski definition) is 4. The Morgan fingerprint density at radius 1 is 0.667 bits per heavy atom. The molecular formula is C24H46N4O8. The van der Waals surface area contributed by atoms with Crippen molar-refractivity contribution >= 4 is 24.2 Å². The van der Waals surface area contributed by atoms with E-state index in [1.54, 1.807) is 67.2 Å². The van der Waals surface area contributed by atoms with Crippen LogP contribution in [0.5, 0.6) is 0 Å². The number of rotatable bonds is 12. The van der Waals surface area contributed by atoms with Gasteiger partial charge >= 0.3 is 24.2 Å². The third-order valence-electron chi connectivity index (χ3n) is 4.18. The molecule has 0 fully saturated rings. The van der Waals surface area contributed by atoms with Crippen molar-refractivity contribution in [2.24, 2.45) is 0 Å². The van der Waals surface area contributed by atoms with Gasteiger partial charge in [0.25, 0.3) is 0 Å². The molecule has 12 heteroatoms. The summed E-state index contributed by atoms with van der Waals surface area (Å²) in [4.78, 5) is 49.4. The molecule has 0 heterocycles. The standard InChI is InChI=1S/C24H46N4O8/c1-22(2,3)34-19(31)25-12-10-11-17(18(29)30)28(15-13-26-20(32)35-23(4,5)6)16-14-27-21(33)36-24(7,8)9/h17H,10-16H2,1-9H3,(H,25,31)(H,26,32)(H,27,33)(H,29,30). The number of hydrogen-bond acceptors (Lipinski definition) is 8. The van der Waals surface area contributed by atoms with E-state index >= 15 is 0 Å². The van der Waals surface area contributed by atoms with E-state index in [-0.39, 0.29) is 39.1 Å². The van der Waals surface area contributed by atoms with Crippen LogP contribution in [0, 0.1) is 0 Å². The zero-order valence-electron chi connectivity index (χ0n) is 23.3. The van der Waals surface area contributed by atoms with Crippen LogP contribution in [0.3, 0.4) is 0 Å². The van der Waals surface area contributed by atoms with Crippen molar-refractivity contribution in [1.82, 2.24) is 20.9 Å². The van der Waals surface area contributed by atoms with Gasteiger partial charge in [0, 0.05) is 32.7 Å². The highest BCUT2D eigenvalue weighted by atomic mass is 16.6. The largest absolute Gasteiger partial charge is 0.480 e. The molecule has 0 bridgehead atoms. The lowest BCUT2D eigenvalue weighted by Gasteiger charge is -2.29. The number of amides is 3. The molecule has 3 amide bonds. The van der Waals surface area contributed by atoms with Gasteiger partial charge < -0.3 is 35.3 Å². The molecule has 0 aromatic heterocycles. The highest BCUT2D eigenvalue weighted by Crippen LogP contribution is 2.10. The first-order valence-electron chi connectivity index (χ1n) is 12.2. The lowest BCUT2D eigenvalue weighted by Crippen LogP contribution is -2.49. The van der Waals surface area contributed by atoms with Crippen molar-refractivity contribution in [2.45, 2.75) is 98.0 Å². The Labute approximate surface area is 214 Å². The molecule has 36 heavy (non-hydrogen) atoms. The average Bonchev–Trinajstić information content (AvgIpc) is 2.62. The summed E-state index contributed by atoms with van der Waals surface area (Å²) in [5.74, 6) is -1.05. The Morgan fingerprint density at radius 2 is 1.00 bits per heavy atom. The third-order valence-corrected chi connectivity index (χ3v) is 4.18. The number of carboxylic acid groups (broad SMARTS) is 1. The summed E-state index contributed by atoms with van der Waals surface area (Å²) in [6, 6.07) is -0.911. The van der Waals surface area contributed by atoms with Crippen LogP contribution >= 0.6 is 0 Å². The van der Waals surface area contributed by atoms with Crippen molar-refractivity contribution in [2.75, 3.05) is 32.7 Å². The van der Waals surface area contributed by atoms with Crippen LogP contribution < -0.4 is 16.0 Å². The second-order valence-corrected chi connectivity index (χ2v) is 11.3. The van der Waals surface area contributed by atoms with Gasteiger partial charge in [0.15, 0.2) is 0 Å². The maximum atomic E-state index is 12.0. The molecule has 0 aromatic carbocycles. The van der Waals surface area contributed by atoms with Crippen molar-refractivity contribution in [3.05, 3.63) is 0 Å². The SMILES string of the molecule is CC(C)(C)OC(=O)NCCCC(C(=O)O)N(CCNC(=O)OC(C)(C)C)CCNC(=O)OC(C)(C)C. The Hall–Kier alpha value is -2.76. The lowest BCUT2D eigenvalue weighted by atomic mass is 10.1. The molecule has 0 saturated carbocycles. The zero-order valence-corrected chi connectivity index (χ0v) is 23.3. The normalized spacial score (nSPS) is 12.9. The molecule has 4 N–H and O–H groups in total. The minimum Gasteiger partial charge on any atom is -0.480 e. The third kappa shape index (κ3) is 18.6. The van der Waals surface area contributed by atoms with Gasteiger partial charge in [0.05, 0.1) is 0 Å². The van der Waals surface area contributed by atoms with Crippen LogP contribution in [0.15, 0.2) is 0 Å². The van der Waals surface area contributed by atoms with E-state index in [0.29, 0.717) is 6.42 Å². The Kier molecular flexibility index (Phi) is 13.6. The molecule has 210 valence electrons. The van der Waals surface area contributed by atoms with Crippen molar-refractivity contribution < 1.29 is 38.5 Å². The van der Waals surface area contributed by atoms with Crippen molar-refractivity contribution in [3.8, 4) is 0 Å². The van der Waals surface area contributed by atoms with Crippen molar-refractivity contribution in [1.29, 1.82) is 0 Å². The molecule has 0 aliphatic carbocycles. The molecule has 1 unspecified atom stereocenters. The first-order valence-corrected chi connectivity index (χ1v) is 12.2. The van der Waals surface area contributed by atoms with Crippen molar-refractivity contribution in [3.63, 3.8) is 0 Å². The van der Waals surface area contributed by atoms with Gasteiger partial charge in [-0.2, -0.15) is 0 Å². The van der Waals surface area contributed by atoms with E-state index in [1.165, 1.54) is 0 Å². The van der Waals surface area contributed by atoms with Crippen LogP contribution in [0.1, 0.15) is 75.2 Å².